The molecule has 1 aromatic carbocycles. The fraction of sp³-hybridized carbons (Fsp3) is 0.353. The molecule has 0 aliphatic rings. The molecule has 0 aliphatic heterocycles. The van der Waals surface area contributed by atoms with Gasteiger partial charge in [-0.2, -0.15) is 0 Å². The maximum Gasteiger partial charge on any atom is 0.107 e. The third-order valence-corrected chi connectivity index (χ3v) is 4.09. The van der Waals surface area contributed by atoms with E-state index in [4.69, 9.17) is 0 Å². The Morgan fingerprint density at radius 3 is 2.75 bits per heavy atom. The molecule has 0 aliphatic carbocycles. The summed E-state index contributed by atoms with van der Waals surface area (Å²) < 4.78 is 0. The molecule has 1 aromatic heterocycles. The molecule has 20 heavy (non-hydrogen) atoms. The van der Waals surface area contributed by atoms with Crippen LogP contribution in [0.4, 0.5) is 0 Å². The first kappa shape index (κ1) is 14.8. The van der Waals surface area contributed by atoms with Gasteiger partial charge in [0.25, 0.3) is 0 Å². The summed E-state index contributed by atoms with van der Waals surface area (Å²) in [5, 5.41) is 3.19. The second kappa shape index (κ2) is 7.84. The number of thiazole rings is 1. The predicted molar refractivity (Wildman–Crippen MR) is 85.6 cm³/mol. The third kappa shape index (κ3) is 4.48. The highest BCUT2D eigenvalue weighted by molar-refractivity contribution is 7.09. The second-order valence-corrected chi connectivity index (χ2v) is 5.74. The van der Waals surface area contributed by atoms with Crippen molar-refractivity contribution >= 4 is 11.3 Å². The summed E-state index contributed by atoms with van der Waals surface area (Å²) in [5.74, 6) is 6.51. The molecular formula is C17H20N2S. The first-order valence-electron chi connectivity index (χ1n) is 6.96. The minimum Gasteiger partial charge on any atom is -0.283 e. The molecule has 0 saturated carbocycles. The first-order valence-corrected chi connectivity index (χ1v) is 7.84. The average molecular weight is 284 g/mol. The molecule has 0 amide bonds. The van der Waals surface area contributed by atoms with E-state index in [9.17, 15) is 0 Å². The lowest BCUT2D eigenvalue weighted by Gasteiger charge is -2.25. The molecule has 104 valence electrons. The highest BCUT2D eigenvalue weighted by atomic mass is 32.1. The lowest BCUT2D eigenvalue weighted by molar-refractivity contribution is 0.221. The zero-order chi connectivity index (χ0) is 14.2. The molecule has 1 unspecified atom stereocenters. The monoisotopic (exact) mass is 284 g/mol. The van der Waals surface area contributed by atoms with Crippen molar-refractivity contribution in [3.05, 3.63) is 52.5 Å². The zero-order valence-electron chi connectivity index (χ0n) is 12.0. The van der Waals surface area contributed by atoms with Crippen molar-refractivity contribution in [1.82, 2.24) is 9.88 Å². The number of nitrogens with zero attached hydrogens (tertiary/aromatic N) is 2. The molecule has 0 bridgehead atoms. The van der Waals surface area contributed by atoms with Crippen LogP contribution in [0.1, 0.15) is 30.8 Å². The lowest BCUT2D eigenvalue weighted by atomic mass is 10.2. The summed E-state index contributed by atoms with van der Waals surface area (Å²) in [6, 6.07) is 10.7. The summed E-state index contributed by atoms with van der Waals surface area (Å²) in [6.07, 6.45) is 2.99. The Morgan fingerprint density at radius 1 is 1.30 bits per heavy atom. The van der Waals surface area contributed by atoms with E-state index >= 15 is 0 Å². The molecule has 0 radical (unpaired) electrons. The Morgan fingerprint density at radius 2 is 2.10 bits per heavy atom. The van der Waals surface area contributed by atoms with Crippen LogP contribution >= 0.6 is 11.3 Å². The lowest BCUT2D eigenvalue weighted by Crippen LogP contribution is -2.32. The highest BCUT2D eigenvalue weighted by Gasteiger charge is 2.12. The smallest absolute Gasteiger partial charge is 0.107 e. The van der Waals surface area contributed by atoms with Crippen LogP contribution in [0.5, 0.6) is 0 Å². The van der Waals surface area contributed by atoms with Gasteiger partial charge in [-0.05, 0) is 25.5 Å². The number of hydrogen-bond donors (Lipinski definition) is 0. The fourth-order valence-electron chi connectivity index (χ4n) is 1.90. The standard InChI is InChI=1S/C17H20N2S/c1-3-15(2)19(14-17-18-11-13-20-17)12-7-10-16-8-5-4-6-9-16/h4-6,8-9,11,13,15H,3,12,14H2,1-2H3. The maximum absolute atomic E-state index is 4.37. The van der Waals surface area contributed by atoms with Gasteiger partial charge in [-0.25, -0.2) is 4.98 Å². The Labute approximate surface area is 125 Å². The SMILES string of the molecule is CCC(C)N(CC#Cc1ccccc1)Cc1nccs1. The van der Waals surface area contributed by atoms with Crippen LogP contribution < -0.4 is 0 Å². The van der Waals surface area contributed by atoms with Gasteiger partial charge < -0.3 is 0 Å². The molecule has 0 saturated heterocycles. The summed E-state index contributed by atoms with van der Waals surface area (Å²) in [5.41, 5.74) is 1.07. The summed E-state index contributed by atoms with van der Waals surface area (Å²) >= 11 is 1.71. The van der Waals surface area contributed by atoms with Gasteiger partial charge in [0, 0.05) is 23.2 Å². The van der Waals surface area contributed by atoms with Crippen LogP contribution in [-0.4, -0.2) is 22.5 Å². The largest absolute Gasteiger partial charge is 0.283 e. The Hall–Kier alpha value is -1.63. The van der Waals surface area contributed by atoms with Gasteiger partial charge in [0.15, 0.2) is 0 Å². The van der Waals surface area contributed by atoms with Crippen molar-refractivity contribution in [2.75, 3.05) is 6.54 Å². The Balaban J connectivity index is 1.99. The van der Waals surface area contributed by atoms with E-state index < -0.39 is 0 Å². The van der Waals surface area contributed by atoms with Gasteiger partial charge >= 0.3 is 0 Å². The quantitative estimate of drug-likeness (QED) is 0.776. The van der Waals surface area contributed by atoms with Crippen LogP contribution in [0.3, 0.4) is 0 Å². The second-order valence-electron chi connectivity index (χ2n) is 4.76. The van der Waals surface area contributed by atoms with Crippen molar-refractivity contribution in [3.8, 4) is 11.8 Å². The van der Waals surface area contributed by atoms with E-state index in [1.54, 1.807) is 11.3 Å². The number of rotatable bonds is 5. The van der Waals surface area contributed by atoms with Gasteiger partial charge in [0.2, 0.25) is 0 Å². The van der Waals surface area contributed by atoms with Crippen LogP contribution in [0.15, 0.2) is 41.9 Å². The van der Waals surface area contributed by atoms with Gasteiger partial charge in [-0.3, -0.25) is 4.90 Å². The molecule has 2 aromatic rings. The van der Waals surface area contributed by atoms with Crippen LogP contribution in [0.25, 0.3) is 0 Å². The summed E-state index contributed by atoms with van der Waals surface area (Å²) in [6.45, 7) is 6.13. The zero-order valence-corrected chi connectivity index (χ0v) is 12.9. The van der Waals surface area contributed by atoms with Crippen molar-refractivity contribution in [3.63, 3.8) is 0 Å². The van der Waals surface area contributed by atoms with E-state index in [1.807, 2.05) is 41.9 Å². The average Bonchev–Trinajstić information content (AvgIpc) is 2.99. The molecule has 0 N–H and O–H groups in total. The molecular weight excluding hydrogens is 264 g/mol. The summed E-state index contributed by atoms with van der Waals surface area (Å²) in [7, 11) is 0. The van der Waals surface area contributed by atoms with E-state index in [-0.39, 0.29) is 0 Å². The third-order valence-electron chi connectivity index (χ3n) is 3.32. The van der Waals surface area contributed by atoms with Crippen molar-refractivity contribution in [2.24, 2.45) is 0 Å². The van der Waals surface area contributed by atoms with Gasteiger partial charge in [0.1, 0.15) is 5.01 Å². The minimum atomic E-state index is 0.518. The number of benzene rings is 1. The van der Waals surface area contributed by atoms with E-state index in [0.29, 0.717) is 6.04 Å². The maximum atomic E-state index is 4.37. The van der Waals surface area contributed by atoms with Crippen molar-refractivity contribution in [1.29, 1.82) is 0 Å². The topological polar surface area (TPSA) is 16.1 Å². The number of aromatic nitrogens is 1. The van der Waals surface area contributed by atoms with Crippen LogP contribution in [0, 0.1) is 11.8 Å². The van der Waals surface area contributed by atoms with Crippen LogP contribution in [0.2, 0.25) is 0 Å². The van der Waals surface area contributed by atoms with E-state index in [2.05, 4.69) is 35.6 Å². The Bertz CT molecular complexity index is 552. The molecule has 0 fully saturated rings. The number of hydrogen-bond acceptors (Lipinski definition) is 3. The van der Waals surface area contributed by atoms with E-state index in [0.717, 1.165) is 30.1 Å². The minimum absolute atomic E-state index is 0.518. The molecule has 2 nitrogen and oxygen atoms in total. The predicted octanol–water partition coefficient (Wildman–Crippen LogP) is 3.80. The Kier molecular flexibility index (Phi) is 5.79. The normalized spacial score (nSPS) is 11.9. The molecule has 0 spiro atoms. The molecule has 3 heteroatoms. The van der Waals surface area contributed by atoms with Gasteiger partial charge in [0.05, 0.1) is 13.1 Å². The molecule has 2 rings (SSSR count). The fourth-order valence-corrected chi connectivity index (χ4v) is 2.54. The van der Waals surface area contributed by atoms with Crippen molar-refractivity contribution in [2.45, 2.75) is 32.9 Å². The summed E-state index contributed by atoms with van der Waals surface area (Å²) in [4.78, 5) is 6.75. The van der Waals surface area contributed by atoms with Gasteiger partial charge in [-0.1, -0.05) is 37.0 Å². The van der Waals surface area contributed by atoms with Gasteiger partial charge in [-0.15, -0.1) is 11.3 Å². The molecule has 1 atom stereocenters. The van der Waals surface area contributed by atoms with Crippen LogP contribution in [-0.2, 0) is 6.54 Å². The van der Waals surface area contributed by atoms with Crippen molar-refractivity contribution < 1.29 is 0 Å². The highest BCUT2D eigenvalue weighted by Crippen LogP contribution is 2.12. The molecule has 1 heterocycles. The first-order chi connectivity index (χ1) is 9.79. The van der Waals surface area contributed by atoms with E-state index in [1.165, 1.54) is 0 Å².